The van der Waals surface area contributed by atoms with Crippen molar-refractivity contribution in [2.45, 2.75) is 31.6 Å². The van der Waals surface area contributed by atoms with Gasteiger partial charge < -0.3 is 9.80 Å². The minimum Gasteiger partial charge on any atom is -0.355 e. The molecule has 0 saturated carbocycles. The molecule has 1 aromatic heterocycles. The Balaban J connectivity index is 1.45. The molecule has 1 aromatic carbocycles. The second-order valence-electron chi connectivity index (χ2n) is 7.18. The van der Waals surface area contributed by atoms with Gasteiger partial charge >= 0.3 is 0 Å². The first-order valence-electron chi connectivity index (χ1n) is 9.15. The molecule has 0 radical (unpaired) electrons. The third-order valence-electron chi connectivity index (χ3n) is 5.34. The highest BCUT2D eigenvalue weighted by Crippen LogP contribution is 2.30. The molecule has 2 aliphatic heterocycles. The van der Waals surface area contributed by atoms with E-state index in [1.54, 1.807) is 11.1 Å². The molecule has 2 saturated heterocycles. The normalized spacial score (nSPS) is 23.2. The minimum atomic E-state index is -2.63. The van der Waals surface area contributed by atoms with Crippen molar-refractivity contribution in [3.63, 3.8) is 0 Å². The highest BCUT2D eigenvalue weighted by molar-refractivity contribution is 5.80. The summed E-state index contributed by atoms with van der Waals surface area (Å²) >= 11 is 0. The van der Waals surface area contributed by atoms with Crippen LogP contribution < -0.4 is 4.90 Å². The van der Waals surface area contributed by atoms with E-state index in [2.05, 4.69) is 14.9 Å². The van der Waals surface area contributed by atoms with E-state index in [1.165, 1.54) is 0 Å². The summed E-state index contributed by atoms with van der Waals surface area (Å²) in [6, 6.07) is 7.69. The van der Waals surface area contributed by atoms with E-state index in [-0.39, 0.29) is 37.8 Å². The SMILES string of the molecule is O=C(C1CCCN(c2cnc3ccccc3n2)C1)N1CCC(F)(F)CC1. The van der Waals surface area contributed by atoms with Crippen molar-refractivity contribution < 1.29 is 13.6 Å². The maximum atomic E-state index is 13.3. The highest BCUT2D eigenvalue weighted by atomic mass is 19.3. The standard InChI is InChI=1S/C19H22F2N4O/c20-19(21)7-10-24(11-8-19)18(26)14-4-3-9-25(13-14)17-12-22-15-5-1-2-6-16(15)23-17/h1-2,5-6,12,14H,3-4,7-11,13H2. The van der Waals surface area contributed by atoms with Crippen LogP contribution in [0.15, 0.2) is 30.5 Å². The summed E-state index contributed by atoms with van der Waals surface area (Å²) in [4.78, 5) is 25.6. The molecule has 5 nitrogen and oxygen atoms in total. The molecule has 4 rings (SSSR count). The monoisotopic (exact) mass is 360 g/mol. The van der Waals surface area contributed by atoms with Crippen LogP contribution in [0.25, 0.3) is 11.0 Å². The van der Waals surface area contributed by atoms with Gasteiger partial charge in [-0.05, 0) is 25.0 Å². The largest absolute Gasteiger partial charge is 0.355 e. The number of likely N-dealkylation sites (tertiary alicyclic amines) is 1. The average Bonchev–Trinajstić information content (AvgIpc) is 2.67. The van der Waals surface area contributed by atoms with Gasteiger partial charge in [-0.15, -0.1) is 0 Å². The van der Waals surface area contributed by atoms with Crippen molar-refractivity contribution in [2.75, 3.05) is 31.1 Å². The predicted octanol–water partition coefficient (Wildman–Crippen LogP) is 3.10. The molecule has 0 aliphatic carbocycles. The zero-order valence-electron chi connectivity index (χ0n) is 14.6. The Morgan fingerprint density at radius 2 is 1.85 bits per heavy atom. The Bertz CT molecular complexity index is 803. The summed E-state index contributed by atoms with van der Waals surface area (Å²) in [6.07, 6.45) is 2.96. The molecule has 0 bridgehead atoms. The smallest absolute Gasteiger partial charge is 0.251 e. The number of fused-ring (bicyclic) bond motifs is 1. The van der Waals surface area contributed by atoms with E-state index in [0.29, 0.717) is 6.54 Å². The third kappa shape index (κ3) is 3.48. The van der Waals surface area contributed by atoms with E-state index in [9.17, 15) is 13.6 Å². The molecule has 2 aliphatic rings. The molecule has 7 heteroatoms. The molecule has 1 unspecified atom stereocenters. The molecule has 138 valence electrons. The number of amides is 1. The second-order valence-corrected chi connectivity index (χ2v) is 7.18. The number of aromatic nitrogens is 2. The molecular weight excluding hydrogens is 338 g/mol. The Labute approximate surface area is 151 Å². The Kier molecular flexibility index (Phi) is 4.46. The lowest BCUT2D eigenvalue weighted by atomic mass is 9.95. The molecular formula is C19H22F2N4O. The summed E-state index contributed by atoms with van der Waals surface area (Å²) in [6.45, 7) is 1.70. The van der Waals surface area contributed by atoms with Gasteiger partial charge in [-0.25, -0.2) is 13.8 Å². The predicted molar refractivity (Wildman–Crippen MR) is 95.2 cm³/mol. The first kappa shape index (κ1) is 17.1. The molecule has 2 aromatic rings. The Hall–Kier alpha value is -2.31. The minimum absolute atomic E-state index is 0.000974. The van der Waals surface area contributed by atoms with Gasteiger partial charge in [0, 0.05) is 39.0 Å². The lowest BCUT2D eigenvalue weighted by molar-refractivity contribution is -0.141. The second kappa shape index (κ2) is 6.78. The number of anilines is 1. The van der Waals surface area contributed by atoms with Gasteiger partial charge in [0.05, 0.1) is 23.1 Å². The molecule has 0 N–H and O–H groups in total. The van der Waals surface area contributed by atoms with Gasteiger partial charge in [0.15, 0.2) is 0 Å². The first-order valence-corrected chi connectivity index (χ1v) is 9.15. The van der Waals surface area contributed by atoms with Crippen molar-refractivity contribution in [3.8, 4) is 0 Å². The van der Waals surface area contributed by atoms with Crippen LogP contribution in [-0.2, 0) is 4.79 Å². The van der Waals surface area contributed by atoms with Gasteiger partial charge in [-0.1, -0.05) is 12.1 Å². The summed E-state index contributed by atoms with van der Waals surface area (Å²) in [7, 11) is 0. The number of para-hydroxylation sites is 2. The number of halogens is 2. The summed E-state index contributed by atoms with van der Waals surface area (Å²) in [5.74, 6) is -2.02. The van der Waals surface area contributed by atoms with E-state index in [1.807, 2.05) is 24.3 Å². The quantitative estimate of drug-likeness (QED) is 0.826. The molecule has 1 amide bonds. The number of carbonyl (C=O) groups excluding carboxylic acids is 1. The molecule has 1 atom stereocenters. The number of rotatable bonds is 2. The Morgan fingerprint density at radius 3 is 2.62 bits per heavy atom. The first-order chi connectivity index (χ1) is 12.5. The zero-order valence-corrected chi connectivity index (χ0v) is 14.6. The van der Waals surface area contributed by atoms with Crippen LogP contribution in [0.3, 0.4) is 0 Å². The van der Waals surface area contributed by atoms with Crippen molar-refractivity contribution in [1.29, 1.82) is 0 Å². The molecule has 3 heterocycles. The molecule has 2 fully saturated rings. The van der Waals surface area contributed by atoms with Gasteiger partial charge in [0.1, 0.15) is 5.82 Å². The highest BCUT2D eigenvalue weighted by Gasteiger charge is 2.38. The lowest BCUT2D eigenvalue weighted by Gasteiger charge is -2.38. The van der Waals surface area contributed by atoms with Crippen LogP contribution in [0.2, 0.25) is 0 Å². The van der Waals surface area contributed by atoms with Gasteiger partial charge in [-0.3, -0.25) is 9.78 Å². The summed E-state index contributed by atoms with van der Waals surface area (Å²) in [5.41, 5.74) is 1.67. The molecule has 0 spiro atoms. The van der Waals surface area contributed by atoms with Crippen molar-refractivity contribution in [3.05, 3.63) is 30.5 Å². The van der Waals surface area contributed by atoms with Crippen LogP contribution in [0.5, 0.6) is 0 Å². The number of piperidine rings is 2. The van der Waals surface area contributed by atoms with Crippen LogP contribution >= 0.6 is 0 Å². The van der Waals surface area contributed by atoms with Gasteiger partial charge in [0.2, 0.25) is 5.91 Å². The van der Waals surface area contributed by atoms with Gasteiger partial charge in [-0.2, -0.15) is 0 Å². The third-order valence-corrected chi connectivity index (χ3v) is 5.34. The summed E-state index contributed by atoms with van der Waals surface area (Å²) in [5, 5.41) is 0. The van der Waals surface area contributed by atoms with E-state index < -0.39 is 5.92 Å². The topological polar surface area (TPSA) is 49.3 Å². The fraction of sp³-hybridized carbons (Fsp3) is 0.526. The molecule has 26 heavy (non-hydrogen) atoms. The fourth-order valence-corrected chi connectivity index (χ4v) is 3.80. The van der Waals surface area contributed by atoms with Crippen molar-refractivity contribution >= 4 is 22.8 Å². The van der Waals surface area contributed by atoms with Crippen LogP contribution in [-0.4, -0.2) is 52.9 Å². The Morgan fingerprint density at radius 1 is 1.12 bits per heavy atom. The average molecular weight is 360 g/mol. The van der Waals surface area contributed by atoms with Crippen molar-refractivity contribution in [2.24, 2.45) is 5.92 Å². The van der Waals surface area contributed by atoms with E-state index in [4.69, 9.17) is 0 Å². The lowest BCUT2D eigenvalue weighted by Crippen LogP contribution is -2.49. The number of hydrogen-bond donors (Lipinski definition) is 0. The van der Waals surface area contributed by atoms with Crippen LogP contribution in [0, 0.1) is 5.92 Å². The van der Waals surface area contributed by atoms with Crippen LogP contribution in [0.1, 0.15) is 25.7 Å². The fourth-order valence-electron chi connectivity index (χ4n) is 3.80. The van der Waals surface area contributed by atoms with E-state index in [0.717, 1.165) is 36.2 Å². The van der Waals surface area contributed by atoms with Gasteiger partial charge in [0.25, 0.3) is 5.92 Å². The zero-order chi connectivity index (χ0) is 18.1. The number of benzene rings is 1. The van der Waals surface area contributed by atoms with Crippen LogP contribution in [0.4, 0.5) is 14.6 Å². The number of carbonyl (C=O) groups is 1. The van der Waals surface area contributed by atoms with E-state index >= 15 is 0 Å². The maximum Gasteiger partial charge on any atom is 0.251 e. The van der Waals surface area contributed by atoms with Crippen molar-refractivity contribution in [1.82, 2.24) is 14.9 Å². The number of alkyl halides is 2. The number of nitrogens with zero attached hydrogens (tertiary/aromatic N) is 4. The number of hydrogen-bond acceptors (Lipinski definition) is 4. The summed E-state index contributed by atoms with van der Waals surface area (Å²) < 4.78 is 26.7. The maximum absolute atomic E-state index is 13.3.